The van der Waals surface area contributed by atoms with Crippen LogP contribution in [-0.4, -0.2) is 39.8 Å². The average Bonchev–Trinajstić information content (AvgIpc) is 3.02. The molecule has 1 amide bonds. The van der Waals surface area contributed by atoms with Gasteiger partial charge in [-0.15, -0.1) is 12.4 Å². The van der Waals surface area contributed by atoms with E-state index in [1.54, 1.807) is 11.0 Å². The maximum atomic E-state index is 12.3. The van der Waals surface area contributed by atoms with Gasteiger partial charge >= 0.3 is 0 Å². The van der Waals surface area contributed by atoms with Gasteiger partial charge in [-0.3, -0.25) is 4.79 Å². The summed E-state index contributed by atoms with van der Waals surface area (Å²) in [5.41, 5.74) is 2.61. The van der Waals surface area contributed by atoms with E-state index in [0.717, 1.165) is 37.2 Å². The van der Waals surface area contributed by atoms with Crippen LogP contribution in [0.4, 0.5) is 0 Å². The summed E-state index contributed by atoms with van der Waals surface area (Å²) in [6.07, 6.45) is 5.29. The minimum absolute atomic E-state index is 0. The van der Waals surface area contributed by atoms with Crippen LogP contribution < -0.4 is 10.6 Å². The number of halogens is 1. The number of rotatable bonds is 3. The second-order valence-electron chi connectivity index (χ2n) is 5.36. The van der Waals surface area contributed by atoms with Gasteiger partial charge < -0.3 is 10.6 Å². The highest BCUT2D eigenvalue weighted by Crippen LogP contribution is 2.15. The topological polar surface area (TPSA) is 71.8 Å². The summed E-state index contributed by atoms with van der Waals surface area (Å²) in [5, 5.41) is 10.5. The molecule has 3 rings (SSSR count). The monoisotopic (exact) mass is 321 g/mol. The molecule has 1 atom stereocenters. The summed E-state index contributed by atoms with van der Waals surface area (Å²) in [7, 11) is 0. The lowest BCUT2D eigenvalue weighted by Crippen LogP contribution is -2.45. The fourth-order valence-electron chi connectivity index (χ4n) is 2.63. The normalized spacial score (nSPS) is 17.6. The largest absolute Gasteiger partial charge is 0.348 e. The lowest BCUT2D eigenvalue weighted by molar-refractivity contribution is 0.0930. The molecular formula is C15H20ClN5O. The van der Waals surface area contributed by atoms with E-state index in [-0.39, 0.29) is 24.4 Å². The van der Waals surface area contributed by atoms with Gasteiger partial charge in [0.1, 0.15) is 12.7 Å². The first-order valence-corrected chi connectivity index (χ1v) is 7.21. The quantitative estimate of drug-likeness (QED) is 0.898. The van der Waals surface area contributed by atoms with E-state index in [4.69, 9.17) is 0 Å². The van der Waals surface area contributed by atoms with Gasteiger partial charge in [-0.25, -0.2) is 9.67 Å². The zero-order chi connectivity index (χ0) is 14.7. The van der Waals surface area contributed by atoms with Gasteiger partial charge in [-0.1, -0.05) is 0 Å². The van der Waals surface area contributed by atoms with Crippen molar-refractivity contribution < 1.29 is 4.79 Å². The van der Waals surface area contributed by atoms with Crippen molar-refractivity contribution in [3.05, 3.63) is 42.0 Å². The fourth-order valence-corrected chi connectivity index (χ4v) is 2.63. The van der Waals surface area contributed by atoms with Gasteiger partial charge in [0.2, 0.25) is 0 Å². The van der Waals surface area contributed by atoms with Crippen LogP contribution in [0.15, 0.2) is 30.9 Å². The van der Waals surface area contributed by atoms with E-state index in [2.05, 4.69) is 20.7 Å². The minimum atomic E-state index is -0.0167. The zero-order valence-electron chi connectivity index (χ0n) is 12.5. The zero-order valence-corrected chi connectivity index (χ0v) is 13.3. The molecule has 1 aliphatic rings. The molecule has 0 radical (unpaired) electrons. The van der Waals surface area contributed by atoms with Crippen LogP contribution in [0.5, 0.6) is 0 Å². The highest BCUT2D eigenvalue weighted by atomic mass is 35.5. The van der Waals surface area contributed by atoms with E-state index in [9.17, 15) is 4.79 Å². The molecule has 0 saturated carbocycles. The first-order valence-electron chi connectivity index (χ1n) is 7.21. The molecule has 118 valence electrons. The van der Waals surface area contributed by atoms with Gasteiger partial charge in [0.25, 0.3) is 5.91 Å². The molecule has 1 unspecified atom stereocenters. The van der Waals surface area contributed by atoms with E-state index in [0.29, 0.717) is 5.56 Å². The van der Waals surface area contributed by atoms with E-state index >= 15 is 0 Å². The lowest BCUT2D eigenvalue weighted by atomic mass is 10.1. The third-order valence-electron chi connectivity index (χ3n) is 3.76. The van der Waals surface area contributed by atoms with Crippen LogP contribution in [0.3, 0.4) is 0 Å². The molecule has 22 heavy (non-hydrogen) atoms. The Morgan fingerprint density at radius 1 is 1.45 bits per heavy atom. The Balaban J connectivity index is 0.00000176. The smallest absolute Gasteiger partial charge is 0.251 e. The molecular weight excluding hydrogens is 302 g/mol. The molecule has 6 nitrogen and oxygen atoms in total. The predicted molar refractivity (Wildman–Crippen MR) is 86.7 cm³/mol. The van der Waals surface area contributed by atoms with Crippen LogP contribution in [0.25, 0.3) is 5.69 Å². The Morgan fingerprint density at radius 2 is 2.32 bits per heavy atom. The van der Waals surface area contributed by atoms with Crippen molar-refractivity contribution in [1.29, 1.82) is 0 Å². The summed E-state index contributed by atoms with van der Waals surface area (Å²) in [5.74, 6) is -0.0167. The SMILES string of the molecule is Cc1cc(C(=O)NC2CCCNC2)ccc1-n1cncn1.Cl. The van der Waals surface area contributed by atoms with E-state index in [1.165, 1.54) is 6.33 Å². The maximum absolute atomic E-state index is 12.3. The first kappa shape index (κ1) is 16.5. The number of amides is 1. The highest BCUT2D eigenvalue weighted by Gasteiger charge is 2.16. The van der Waals surface area contributed by atoms with Crippen molar-refractivity contribution in [2.75, 3.05) is 13.1 Å². The Bertz CT molecular complexity index is 623. The van der Waals surface area contributed by atoms with Crippen molar-refractivity contribution in [3.63, 3.8) is 0 Å². The lowest BCUT2D eigenvalue weighted by Gasteiger charge is -2.23. The summed E-state index contributed by atoms with van der Waals surface area (Å²) < 4.78 is 1.70. The van der Waals surface area contributed by atoms with Crippen LogP contribution in [-0.2, 0) is 0 Å². The summed E-state index contributed by atoms with van der Waals surface area (Å²) >= 11 is 0. The Kier molecular flexibility index (Phi) is 5.51. The molecule has 1 saturated heterocycles. The molecule has 2 aromatic rings. The van der Waals surface area contributed by atoms with Gasteiger partial charge in [0.15, 0.2) is 0 Å². The Labute approximate surface area is 135 Å². The standard InChI is InChI=1S/C15H19N5O.ClH/c1-11-7-12(4-5-14(11)20-10-17-9-18-20)15(21)19-13-3-2-6-16-8-13;/h4-5,7,9-10,13,16H,2-3,6,8H2,1H3,(H,19,21);1H. The van der Waals surface area contributed by atoms with Crippen LogP contribution in [0, 0.1) is 6.92 Å². The van der Waals surface area contributed by atoms with Crippen LogP contribution >= 0.6 is 12.4 Å². The van der Waals surface area contributed by atoms with E-state index in [1.807, 2.05) is 25.1 Å². The molecule has 2 N–H and O–H groups in total. The molecule has 1 aromatic heterocycles. The number of hydrogen-bond donors (Lipinski definition) is 2. The van der Waals surface area contributed by atoms with Crippen molar-refractivity contribution >= 4 is 18.3 Å². The van der Waals surface area contributed by atoms with Crippen molar-refractivity contribution in [2.24, 2.45) is 0 Å². The third-order valence-corrected chi connectivity index (χ3v) is 3.76. The summed E-state index contributed by atoms with van der Waals surface area (Å²) in [6.45, 7) is 3.86. The van der Waals surface area contributed by atoms with Crippen LogP contribution in [0.2, 0.25) is 0 Å². The Hall–Kier alpha value is -1.92. The number of nitrogens with zero attached hydrogens (tertiary/aromatic N) is 3. The molecule has 7 heteroatoms. The molecule has 2 heterocycles. The number of hydrogen-bond acceptors (Lipinski definition) is 4. The number of benzene rings is 1. The van der Waals surface area contributed by atoms with Crippen molar-refractivity contribution in [1.82, 2.24) is 25.4 Å². The second-order valence-corrected chi connectivity index (χ2v) is 5.36. The van der Waals surface area contributed by atoms with E-state index < -0.39 is 0 Å². The fraction of sp³-hybridized carbons (Fsp3) is 0.400. The van der Waals surface area contributed by atoms with Crippen molar-refractivity contribution in [2.45, 2.75) is 25.8 Å². The summed E-state index contributed by atoms with van der Waals surface area (Å²) in [6, 6.07) is 5.84. The number of aryl methyl sites for hydroxylation is 1. The molecule has 1 fully saturated rings. The molecule has 0 spiro atoms. The molecule has 0 bridgehead atoms. The predicted octanol–water partition coefficient (Wildman–Crippen LogP) is 1.48. The third kappa shape index (κ3) is 3.64. The highest BCUT2D eigenvalue weighted by molar-refractivity contribution is 5.94. The minimum Gasteiger partial charge on any atom is -0.348 e. The molecule has 1 aliphatic heterocycles. The number of piperidine rings is 1. The molecule has 1 aromatic carbocycles. The molecule has 0 aliphatic carbocycles. The number of aromatic nitrogens is 3. The van der Waals surface area contributed by atoms with Gasteiger partial charge in [-0.05, 0) is 50.1 Å². The number of nitrogens with one attached hydrogen (secondary N) is 2. The van der Waals surface area contributed by atoms with Crippen LogP contribution in [0.1, 0.15) is 28.8 Å². The van der Waals surface area contributed by atoms with Gasteiger partial charge in [0.05, 0.1) is 5.69 Å². The van der Waals surface area contributed by atoms with Gasteiger partial charge in [0, 0.05) is 18.2 Å². The number of carbonyl (C=O) groups excluding carboxylic acids is 1. The first-order chi connectivity index (χ1) is 10.2. The second kappa shape index (κ2) is 7.38. The Morgan fingerprint density at radius 3 is 2.95 bits per heavy atom. The van der Waals surface area contributed by atoms with Crippen molar-refractivity contribution in [3.8, 4) is 5.69 Å². The maximum Gasteiger partial charge on any atom is 0.251 e. The summed E-state index contributed by atoms with van der Waals surface area (Å²) in [4.78, 5) is 16.2. The average molecular weight is 322 g/mol. The van der Waals surface area contributed by atoms with Gasteiger partial charge in [-0.2, -0.15) is 5.10 Å². The number of carbonyl (C=O) groups is 1.